The van der Waals surface area contributed by atoms with E-state index in [0.29, 0.717) is 24.8 Å². The SMILES string of the molecule is COC(OC)[C@@H]1CSCN1C(=O)[C@@H]1CCCN1C(=O)CC[C@@H]1CCc2ccccc2C1. The van der Waals surface area contributed by atoms with Gasteiger partial charge in [-0.2, -0.15) is 0 Å². The van der Waals surface area contributed by atoms with Crippen molar-refractivity contribution in [2.24, 2.45) is 5.92 Å². The van der Waals surface area contributed by atoms with Gasteiger partial charge in [-0.15, -0.1) is 11.8 Å². The number of thioether (sulfide) groups is 1. The molecule has 2 amide bonds. The quantitative estimate of drug-likeness (QED) is 0.603. The number of carbonyl (C=O) groups is 2. The summed E-state index contributed by atoms with van der Waals surface area (Å²) >= 11 is 1.71. The van der Waals surface area contributed by atoms with Gasteiger partial charge in [-0.1, -0.05) is 24.3 Å². The van der Waals surface area contributed by atoms with E-state index in [4.69, 9.17) is 9.47 Å². The first-order chi connectivity index (χ1) is 15.1. The molecule has 2 heterocycles. The second-order valence-corrected chi connectivity index (χ2v) is 9.88. The maximum absolute atomic E-state index is 13.4. The largest absolute Gasteiger partial charge is 0.354 e. The maximum Gasteiger partial charge on any atom is 0.246 e. The highest BCUT2D eigenvalue weighted by molar-refractivity contribution is 7.99. The van der Waals surface area contributed by atoms with E-state index in [9.17, 15) is 9.59 Å². The third-order valence-electron chi connectivity index (χ3n) is 7.05. The molecule has 3 aliphatic rings. The number of methoxy groups -OCH3 is 2. The molecule has 0 aromatic heterocycles. The number of nitrogens with zero attached hydrogens (tertiary/aromatic N) is 2. The van der Waals surface area contributed by atoms with Crippen molar-refractivity contribution in [3.05, 3.63) is 35.4 Å². The Bertz CT molecular complexity index is 785. The maximum atomic E-state index is 13.4. The molecule has 1 aromatic carbocycles. The fourth-order valence-corrected chi connectivity index (χ4v) is 6.52. The number of fused-ring (bicyclic) bond motifs is 1. The van der Waals surface area contributed by atoms with Crippen molar-refractivity contribution in [2.45, 2.75) is 63.3 Å². The Morgan fingerprint density at radius 3 is 2.68 bits per heavy atom. The van der Waals surface area contributed by atoms with Crippen LogP contribution < -0.4 is 0 Å². The van der Waals surface area contributed by atoms with Crippen molar-refractivity contribution >= 4 is 23.6 Å². The molecule has 4 rings (SSSR count). The van der Waals surface area contributed by atoms with E-state index < -0.39 is 6.29 Å². The second-order valence-electron chi connectivity index (χ2n) is 8.88. The van der Waals surface area contributed by atoms with E-state index in [1.165, 1.54) is 11.1 Å². The molecular formula is C24H34N2O4S. The monoisotopic (exact) mass is 446 g/mol. The zero-order valence-corrected chi connectivity index (χ0v) is 19.4. The van der Waals surface area contributed by atoms with Crippen molar-refractivity contribution in [3.8, 4) is 0 Å². The summed E-state index contributed by atoms with van der Waals surface area (Å²) in [5.74, 6) is 2.16. The molecule has 1 aromatic rings. The lowest BCUT2D eigenvalue weighted by molar-refractivity contribution is -0.160. The van der Waals surface area contributed by atoms with Gasteiger partial charge in [-0.25, -0.2) is 0 Å². The Morgan fingerprint density at radius 2 is 1.90 bits per heavy atom. The van der Waals surface area contributed by atoms with Gasteiger partial charge in [0.25, 0.3) is 0 Å². The van der Waals surface area contributed by atoms with Crippen molar-refractivity contribution < 1.29 is 19.1 Å². The van der Waals surface area contributed by atoms with Crippen molar-refractivity contribution in [1.29, 1.82) is 0 Å². The Hall–Kier alpha value is -1.57. The highest BCUT2D eigenvalue weighted by Crippen LogP contribution is 2.31. The molecule has 1 aliphatic carbocycles. The van der Waals surface area contributed by atoms with Crippen LogP contribution in [0, 0.1) is 5.92 Å². The Morgan fingerprint density at radius 1 is 1.13 bits per heavy atom. The molecule has 0 unspecified atom stereocenters. The van der Waals surface area contributed by atoms with Crippen LogP contribution in [0.25, 0.3) is 0 Å². The van der Waals surface area contributed by atoms with Crippen LogP contribution >= 0.6 is 11.8 Å². The summed E-state index contributed by atoms with van der Waals surface area (Å²) < 4.78 is 10.8. The zero-order chi connectivity index (χ0) is 21.8. The zero-order valence-electron chi connectivity index (χ0n) is 18.6. The fraction of sp³-hybridized carbons (Fsp3) is 0.667. The Kier molecular flexibility index (Phi) is 7.56. The molecule has 0 radical (unpaired) electrons. The lowest BCUT2D eigenvalue weighted by Crippen LogP contribution is -2.53. The molecular weight excluding hydrogens is 412 g/mol. The minimum absolute atomic E-state index is 0.0477. The van der Waals surface area contributed by atoms with Gasteiger partial charge < -0.3 is 19.3 Å². The molecule has 0 bridgehead atoms. The van der Waals surface area contributed by atoms with E-state index in [2.05, 4.69) is 24.3 Å². The van der Waals surface area contributed by atoms with Crippen LogP contribution in [-0.2, 0) is 31.9 Å². The standard InChI is InChI=1S/C24H34N2O4S/c1-29-24(30-2)21-15-31-16-26(21)23(28)20-8-5-13-25(20)22(27)12-10-17-9-11-18-6-3-4-7-19(18)14-17/h3-4,6-7,17,20-21,24H,5,8-16H2,1-2H3/t17-,20-,21-/m0/s1. The minimum Gasteiger partial charge on any atom is -0.354 e. The number of carbonyl (C=O) groups excluding carboxylic acids is 2. The molecule has 7 heteroatoms. The van der Waals surface area contributed by atoms with Crippen molar-refractivity contribution in [2.75, 3.05) is 32.4 Å². The Balaban J connectivity index is 1.34. The molecule has 0 saturated carbocycles. The van der Waals surface area contributed by atoms with Crippen molar-refractivity contribution in [1.82, 2.24) is 9.80 Å². The van der Waals surface area contributed by atoms with Gasteiger partial charge in [0, 0.05) is 32.9 Å². The molecule has 6 nitrogen and oxygen atoms in total. The van der Waals surface area contributed by atoms with Crippen LogP contribution in [0.4, 0.5) is 0 Å². The average molecular weight is 447 g/mol. The number of rotatable bonds is 7. The van der Waals surface area contributed by atoms with E-state index in [-0.39, 0.29) is 23.9 Å². The van der Waals surface area contributed by atoms with Crippen LogP contribution in [0.2, 0.25) is 0 Å². The van der Waals surface area contributed by atoms with Gasteiger partial charge in [0.15, 0.2) is 6.29 Å². The highest BCUT2D eigenvalue weighted by Gasteiger charge is 2.42. The predicted molar refractivity (Wildman–Crippen MR) is 122 cm³/mol. The number of hydrogen-bond donors (Lipinski definition) is 0. The summed E-state index contributed by atoms with van der Waals surface area (Å²) in [4.78, 5) is 30.2. The van der Waals surface area contributed by atoms with Gasteiger partial charge in [-0.3, -0.25) is 9.59 Å². The van der Waals surface area contributed by atoms with Crippen LogP contribution in [0.3, 0.4) is 0 Å². The lowest BCUT2D eigenvalue weighted by Gasteiger charge is -2.33. The first-order valence-electron chi connectivity index (χ1n) is 11.4. The predicted octanol–water partition coefficient (Wildman–Crippen LogP) is 3.08. The van der Waals surface area contributed by atoms with E-state index in [0.717, 1.165) is 44.3 Å². The fourth-order valence-electron chi connectivity index (χ4n) is 5.32. The number of amides is 2. The summed E-state index contributed by atoms with van der Waals surface area (Å²) in [6, 6.07) is 8.21. The Labute approximate surface area is 189 Å². The molecule has 3 atom stereocenters. The molecule has 0 spiro atoms. The first-order valence-corrected chi connectivity index (χ1v) is 12.6. The van der Waals surface area contributed by atoms with Crippen LogP contribution in [0.5, 0.6) is 0 Å². The summed E-state index contributed by atoms with van der Waals surface area (Å²) in [5, 5.41) is 0. The number of hydrogen-bond acceptors (Lipinski definition) is 5. The van der Waals surface area contributed by atoms with Gasteiger partial charge in [0.05, 0.1) is 11.9 Å². The summed E-state index contributed by atoms with van der Waals surface area (Å²) in [6.07, 6.45) is 5.97. The highest BCUT2D eigenvalue weighted by atomic mass is 32.2. The average Bonchev–Trinajstić information content (AvgIpc) is 3.48. The van der Waals surface area contributed by atoms with Gasteiger partial charge >= 0.3 is 0 Å². The van der Waals surface area contributed by atoms with Crippen LogP contribution in [-0.4, -0.2) is 72.4 Å². The van der Waals surface area contributed by atoms with Crippen molar-refractivity contribution in [3.63, 3.8) is 0 Å². The summed E-state index contributed by atoms with van der Waals surface area (Å²) in [5.41, 5.74) is 2.89. The second kappa shape index (κ2) is 10.4. The van der Waals surface area contributed by atoms with E-state index in [1.54, 1.807) is 26.0 Å². The number of benzene rings is 1. The number of ether oxygens (including phenoxy) is 2. The van der Waals surface area contributed by atoms with Gasteiger partial charge in [-0.05, 0) is 55.6 Å². The molecule has 31 heavy (non-hydrogen) atoms. The van der Waals surface area contributed by atoms with E-state index in [1.807, 2.05) is 9.80 Å². The smallest absolute Gasteiger partial charge is 0.246 e. The third-order valence-corrected chi connectivity index (χ3v) is 8.09. The summed E-state index contributed by atoms with van der Waals surface area (Å²) in [7, 11) is 3.21. The molecule has 0 N–H and O–H groups in total. The molecule has 2 fully saturated rings. The van der Waals surface area contributed by atoms with Crippen LogP contribution in [0.1, 0.15) is 43.2 Å². The summed E-state index contributed by atoms with van der Waals surface area (Å²) in [6.45, 7) is 0.687. The lowest BCUT2D eigenvalue weighted by atomic mass is 9.81. The third kappa shape index (κ3) is 4.94. The van der Waals surface area contributed by atoms with E-state index >= 15 is 0 Å². The van der Waals surface area contributed by atoms with Crippen LogP contribution in [0.15, 0.2) is 24.3 Å². The molecule has 170 valence electrons. The number of aryl methyl sites for hydroxylation is 1. The topological polar surface area (TPSA) is 59.1 Å². The van der Waals surface area contributed by atoms with Gasteiger partial charge in [0.1, 0.15) is 6.04 Å². The first kappa shape index (κ1) is 22.6. The normalized spacial score (nSPS) is 25.8. The minimum atomic E-state index is -0.432. The molecule has 2 saturated heterocycles. The molecule has 2 aliphatic heterocycles. The number of likely N-dealkylation sites (tertiary alicyclic amines) is 1. The van der Waals surface area contributed by atoms with Gasteiger partial charge in [0.2, 0.25) is 11.8 Å².